The fraction of sp³-hybridized carbons (Fsp3) is 0.261. The minimum absolute atomic E-state index is 0. The van der Waals surface area contributed by atoms with E-state index < -0.39 is 16.0 Å². The number of halogens is 2. The number of fused-ring (bicyclic) bond motifs is 1. The summed E-state index contributed by atoms with van der Waals surface area (Å²) in [5, 5.41) is 10.1. The first-order valence-electron chi connectivity index (χ1n) is 9.97. The highest BCUT2D eigenvalue weighted by Gasteiger charge is 2.19. The highest BCUT2D eigenvalue weighted by atomic mass is 35.5. The van der Waals surface area contributed by atoms with E-state index in [-0.39, 0.29) is 41.8 Å². The van der Waals surface area contributed by atoms with Crippen molar-refractivity contribution in [2.45, 2.75) is 24.8 Å². The lowest BCUT2D eigenvalue weighted by atomic mass is 10.0. The Bertz CT molecular complexity index is 1300. The number of nitrogens with zero attached hydrogens (tertiary/aromatic N) is 2. The molecule has 0 bridgehead atoms. The molecule has 0 radical (unpaired) electrons. The van der Waals surface area contributed by atoms with Gasteiger partial charge in [-0.05, 0) is 60.9 Å². The van der Waals surface area contributed by atoms with Gasteiger partial charge in [0.05, 0.1) is 17.0 Å². The fourth-order valence-electron chi connectivity index (χ4n) is 3.65. The van der Waals surface area contributed by atoms with Gasteiger partial charge in [0, 0.05) is 37.2 Å². The van der Waals surface area contributed by atoms with Crippen LogP contribution in [0.3, 0.4) is 0 Å². The molecule has 2 aromatic carbocycles. The van der Waals surface area contributed by atoms with Crippen LogP contribution in [0.25, 0.3) is 10.9 Å². The van der Waals surface area contributed by atoms with Crippen LogP contribution in [0.2, 0.25) is 0 Å². The summed E-state index contributed by atoms with van der Waals surface area (Å²) in [4.78, 5) is 11.7. The van der Waals surface area contributed by atoms with E-state index in [2.05, 4.69) is 0 Å². The first-order valence-corrected chi connectivity index (χ1v) is 11.4. The molecule has 3 rings (SSSR count). The first kappa shape index (κ1) is 26.5. The van der Waals surface area contributed by atoms with Crippen molar-refractivity contribution in [2.24, 2.45) is 5.73 Å². The molecule has 0 spiro atoms. The standard InChI is InChI=1S/C23H26FN3O4S.ClH/c1-15-20(12-16-4-7-19(8-5-16)32(30,31)26(2)3)21-13-17(23(28)29)6-9-22(21)27(15)14-18(24)10-11-25;/h4-10,13H,11-12,14,25H2,1-3H3,(H,28,29);1H. The number of carboxylic acids is 1. The van der Waals surface area contributed by atoms with Crippen LogP contribution in [0.4, 0.5) is 4.39 Å². The number of aromatic nitrogens is 1. The molecule has 0 amide bonds. The summed E-state index contributed by atoms with van der Waals surface area (Å²) in [6, 6.07) is 11.3. The Kier molecular flexibility index (Phi) is 8.42. The zero-order valence-corrected chi connectivity index (χ0v) is 20.2. The molecule has 33 heavy (non-hydrogen) atoms. The van der Waals surface area contributed by atoms with Crippen molar-refractivity contribution >= 4 is 39.3 Å². The van der Waals surface area contributed by atoms with Crippen molar-refractivity contribution in [2.75, 3.05) is 20.6 Å². The molecule has 7 nitrogen and oxygen atoms in total. The lowest BCUT2D eigenvalue weighted by molar-refractivity contribution is 0.0697. The van der Waals surface area contributed by atoms with E-state index in [1.807, 2.05) is 6.92 Å². The van der Waals surface area contributed by atoms with Crippen molar-refractivity contribution in [1.29, 1.82) is 0 Å². The Morgan fingerprint density at radius 2 is 1.82 bits per heavy atom. The molecule has 0 aliphatic carbocycles. The summed E-state index contributed by atoms with van der Waals surface area (Å²) < 4.78 is 41.8. The average Bonchev–Trinajstić information content (AvgIpc) is 2.99. The Morgan fingerprint density at radius 1 is 1.18 bits per heavy atom. The zero-order chi connectivity index (χ0) is 23.6. The number of sulfonamides is 1. The van der Waals surface area contributed by atoms with E-state index in [9.17, 15) is 22.7 Å². The van der Waals surface area contributed by atoms with E-state index in [0.29, 0.717) is 11.8 Å². The predicted octanol–water partition coefficient (Wildman–Crippen LogP) is 3.72. The smallest absolute Gasteiger partial charge is 0.335 e. The van der Waals surface area contributed by atoms with Gasteiger partial charge in [0.1, 0.15) is 5.83 Å². The Balaban J connectivity index is 0.00000385. The van der Waals surface area contributed by atoms with Crippen LogP contribution in [-0.2, 0) is 23.0 Å². The molecule has 0 unspecified atom stereocenters. The van der Waals surface area contributed by atoms with Gasteiger partial charge in [0.2, 0.25) is 10.0 Å². The molecule has 178 valence electrons. The van der Waals surface area contributed by atoms with Crippen molar-refractivity contribution in [3.63, 3.8) is 0 Å². The lowest BCUT2D eigenvalue weighted by Crippen LogP contribution is -2.22. The number of aromatic carboxylic acids is 1. The highest BCUT2D eigenvalue weighted by molar-refractivity contribution is 7.89. The third-order valence-corrected chi connectivity index (χ3v) is 7.26. The van der Waals surface area contributed by atoms with E-state index in [1.165, 1.54) is 26.2 Å². The Morgan fingerprint density at radius 3 is 2.36 bits per heavy atom. The number of carbonyl (C=O) groups is 1. The summed E-state index contributed by atoms with van der Waals surface area (Å²) in [6.07, 6.45) is 1.74. The Labute approximate surface area is 198 Å². The normalized spacial score (nSPS) is 12.2. The molecule has 0 fully saturated rings. The summed E-state index contributed by atoms with van der Waals surface area (Å²) in [5.41, 5.74) is 8.78. The number of hydrogen-bond donors (Lipinski definition) is 2. The number of benzene rings is 2. The van der Waals surface area contributed by atoms with Crippen molar-refractivity contribution in [1.82, 2.24) is 8.87 Å². The molecule has 0 aliphatic heterocycles. The monoisotopic (exact) mass is 495 g/mol. The van der Waals surface area contributed by atoms with E-state index >= 15 is 0 Å². The second-order valence-corrected chi connectivity index (χ2v) is 9.83. The van der Waals surface area contributed by atoms with Gasteiger partial charge in [-0.25, -0.2) is 21.9 Å². The summed E-state index contributed by atoms with van der Waals surface area (Å²) >= 11 is 0. The maximum Gasteiger partial charge on any atom is 0.335 e. The molecule has 0 atom stereocenters. The molecular weight excluding hydrogens is 469 g/mol. The summed E-state index contributed by atoms with van der Waals surface area (Å²) in [7, 11) is -0.590. The van der Waals surface area contributed by atoms with E-state index in [0.717, 1.165) is 26.6 Å². The molecule has 10 heteroatoms. The minimum atomic E-state index is -3.53. The van der Waals surface area contributed by atoms with Gasteiger partial charge < -0.3 is 15.4 Å². The second kappa shape index (κ2) is 10.5. The maximum atomic E-state index is 14.3. The van der Waals surface area contributed by atoms with Gasteiger partial charge in [0.15, 0.2) is 0 Å². The van der Waals surface area contributed by atoms with Gasteiger partial charge in [-0.1, -0.05) is 12.1 Å². The number of hydrogen-bond acceptors (Lipinski definition) is 4. The summed E-state index contributed by atoms with van der Waals surface area (Å²) in [5.74, 6) is -1.42. The molecule has 0 saturated heterocycles. The van der Waals surface area contributed by atoms with Gasteiger partial charge in [-0.15, -0.1) is 12.4 Å². The summed E-state index contributed by atoms with van der Waals surface area (Å²) in [6.45, 7) is 1.94. The van der Waals surface area contributed by atoms with Crippen molar-refractivity contribution < 1.29 is 22.7 Å². The molecular formula is C23H27ClFN3O4S. The molecule has 3 N–H and O–H groups in total. The largest absolute Gasteiger partial charge is 0.478 e. The van der Waals surface area contributed by atoms with Crippen LogP contribution < -0.4 is 5.73 Å². The van der Waals surface area contributed by atoms with Gasteiger partial charge in [-0.3, -0.25) is 0 Å². The van der Waals surface area contributed by atoms with Crippen LogP contribution in [0.5, 0.6) is 0 Å². The second-order valence-electron chi connectivity index (χ2n) is 7.68. The van der Waals surface area contributed by atoms with Crippen LogP contribution in [0, 0.1) is 6.92 Å². The van der Waals surface area contributed by atoms with Crippen molar-refractivity contribution in [3.8, 4) is 0 Å². The number of rotatable bonds is 8. The maximum absolute atomic E-state index is 14.3. The van der Waals surface area contributed by atoms with Gasteiger partial charge in [-0.2, -0.15) is 0 Å². The number of allylic oxidation sites excluding steroid dienone is 1. The quantitative estimate of drug-likeness (QED) is 0.495. The minimum Gasteiger partial charge on any atom is -0.478 e. The van der Waals surface area contributed by atoms with Gasteiger partial charge in [0.25, 0.3) is 0 Å². The van der Waals surface area contributed by atoms with E-state index in [4.69, 9.17) is 5.73 Å². The number of nitrogens with two attached hydrogens (primary N) is 1. The molecule has 1 heterocycles. The van der Waals surface area contributed by atoms with Crippen LogP contribution >= 0.6 is 12.4 Å². The topological polar surface area (TPSA) is 106 Å². The highest BCUT2D eigenvalue weighted by Crippen LogP contribution is 2.30. The molecule has 3 aromatic rings. The number of carboxylic acid groups (broad SMARTS) is 1. The molecule has 0 aliphatic rings. The van der Waals surface area contributed by atoms with Crippen molar-refractivity contribution in [3.05, 3.63) is 76.8 Å². The Hall–Kier alpha value is -2.72. The van der Waals surface area contributed by atoms with E-state index in [1.54, 1.807) is 41.0 Å². The van der Waals surface area contributed by atoms with Gasteiger partial charge >= 0.3 is 5.97 Å². The molecule has 1 aromatic heterocycles. The zero-order valence-electron chi connectivity index (χ0n) is 18.6. The predicted molar refractivity (Wildman–Crippen MR) is 129 cm³/mol. The first-order chi connectivity index (χ1) is 15.1. The SMILES string of the molecule is Cc1c(Cc2ccc(S(=O)(=O)N(C)C)cc2)c2cc(C(=O)O)ccc2n1CC(F)=CCN.Cl. The van der Waals surface area contributed by atoms with Crippen LogP contribution in [0.15, 0.2) is 59.3 Å². The average molecular weight is 496 g/mol. The third-order valence-electron chi connectivity index (χ3n) is 5.43. The van der Waals surface area contributed by atoms with Crippen LogP contribution in [-0.4, -0.2) is 49.0 Å². The lowest BCUT2D eigenvalue weighted by Gasteiger charge is -2.12. The molecule has 0 saturated carbocycles. The van der Waals surface area contributed by atoms with Crippen LogP contribution in [0.1, 0.15) is 27.2 Å². The fourth-order valence-corrected chi connectivity index (χ4v) is 4.55. The third kappa shape index (κ3) is 5.44.